The summed E-state index contributed by atoms with van der Waals surface area (Å²) in [6.07, 6.45) is 3.81. The lowest BCUT2D eigenvalue weighted by molar-refractivity contribution is -0.145. The monoisotopic (exact) mass is 586 g/mol. The number of aromatic nitrogens is 1. The molecule has 1 aliphatic rings. The van der Waals surface area contributed by atoms with Crippen LogP contribution in [0.5, 0.6) is 5.75 Å². The molecule has 1 aliphatic heterocycles. The van der Waals surface area contributed by atoms with Crippen LogP contribution in [0.2, 0.25) is 0 Å². The highest BCUT2D eigenvalue weighted by Crippen LogP contribution is 2.38. The van der Waals surface area contributed by atoms with Gasteiger partial charge in [0, 0.05) is 30.1 Å². The van der Waals surface area contributed by atoms with E-state index in [2.05, 4.69) is 4.98 Å². The molecule has 3 aromatic carbocycles. The maximum Gasteiger partial charge on any atom is 0.417 e. The Bertz CT molecular complexity index is 1590. The number of benzene rings is 3. The number of ether oxygens (including phenoxy) is 1. The topological polar surface area (TPSA) is 62.7 Å². The number of nitrogens with zero attached hydrogens (tertiary/aromatic N) is 2. The molecule has 8 heteroatoms. The summed E-state index contributed by atoms with van der Waals surface area (Å²) in [7, 11) is 0. The number of rotatable bonds is 9. The van der Waals surface area contributed by atoms with Crippen molar-refractivity contribution in [3.63, 3.8) is 0 Å². The normalized spacial score (nSPS) is 16.0. The van der Waals surface area contributed by atoms with Gasteiger partial charge in [0.15, 0.2) is 0 Å². The number of hydrogen-bond donors (Lipinski definition) is 1. The fraction of sp³-hybridized carbons (Fsp3) is 0.257. The molecule has 1 N–H and O–H groups in total. The zero-order valence-corrected chi connectivity index (χ0v) is 23.8. The van der Waals surface area contributed by atoms with Gasteiger partial charge in [0.25, 0.3) is 0 Å². The lowest BCUT2D eigenvalue weighted by Gasteiger charge is -2.33. The smallest absolute Gasteiger partial charge is 0.417 e. The van der Waals surface area contributed by atoms with Gasteiger partial charge in [0.05, 0.1) is 5.56 Å². The maximum absolute atomic E-state index is 14.5. The zero-order valence-electron chi connectivity index (χ0n) is 23.8. The Balaban J connectivity index is 1.55. The largest absolute Gasteiger partial charge is 0.488 e. The molecule has 0 aliphatic carbocycles. The molecule has 1 saturated heterocycles. The number of alkyl halides is 3. The molecule has 5 nitrogen and oxygen atoms in total. The molecule has 0 amide bonds. The van der Waals surface area contributed by atoms with E-state index in [9.17, 15) is 23.1 Å². The molecule has 1 aromatic heterocycles. The summed E-state index contributed by atoms with van der Waals surface area (Å²) in [6, 6.07) is 21.0. The van der Waals surface area contributed by atoms with E-state index in [0.717, 1.165) is 46.7 Å². The molecule has 5 rings (SSSR count). The van der Waals surface area contributed by atoms with Gasteiger partial charge >= 0.3 is 12.1 Å². The minimum atomic E-state index is -4.63. The number of pyridine rings is 1. The van der Waals surface area contributed by atoms with Crippen molar-refractivity contribution in [2.45, 2.75) is 51.6 Å². The Morgan fingerprint density at radius 3 is 2.53 bits per heavy atom. The first-order valence-corrected chi connectivity index (χ1v) is 14.3. The van der Waals surface area contributed by atoms with Crippen LogP contribution in [0.1, 0.15) is 52.6 Å². The number of carboxylic acids is 1. The van der Waals surface area contributed by atoms with Crippen LogP contribution in [0.15, 0.2) is 85.2 Å². The molecule has 43 heavy (non-hydrogen) atoms. The Labute approximate surface area is 249 Å². The second-order valence-corrected chi connectivity index (χ2v) is 10.7. The third-order valence-corrected chi connectivity index (χ3v) is 7.83. The van der Waals surface area contributed by atoms with Crippen LogP contribution in [0.4, 0.5) is 13.2 Å². The number of aliphatic carboxylic acids is 1. The lowest BCUT2D eigenvalue weighted by Crippen LogP contribution is -2.44. The molecular formula is C35H33F3N2O3. The fourth-order valence-corrected chi connectivity index (χ4v) is 5.55. The van der Waals surface area contributed by atoms with E-state index in [-0.39, 0.29) is 24.5 Å². The van der Waals surface area contributed by atoms with Gasteiger partial charge in [-0.05, 0) is 72.3 Å². The molecule has 0 spiro atoms. The fourth-order valence-electron chi connectivity index (χ4n) is 5.55. The maximum atomic E-state index is 14.5. The van der Waals surface area contributed by atoms with Crippen LogP contribution in [0.25, 0.3) is 23.3 Å². The highest BCUT2D eigenvalue weighted by molar-refractivity contribution is 5.78. The highest BCUT2D eigenvalue weighted by Gasteiger charge is 2.35. The summed E-state index contributed by atoms with van der Waals surface area (Å²) in [4.78, 5) is 17.7. The molecule has 1 unspecified atom stereocenters. The molecule has 1 fully saturated rings. The third kappa shape index (κ3) is 7.32. The first-order chi connectivity index (χ1) is 20.7. The van der Waals surface area contributed by atoms with Crippen molar-refractivity contribution in [2.24, 2.45) is 0 Å². The van der Waals surface area contributed by atoms with Gasteiger partial charge in [-0.3, -0.25) is 14.7 Å². The summed E-state index contributed by atoms with van der Waals surface area (Å²) >= 11 is 0. The van der Waals surface area contributed by atoms with Crippen molar-refractivity contribution >= 4 is 18.1 Å². The van der Waals surface area contributed by atoms with E-state index in [1.54, 1.807) is 29.4 Å². The van der Waals surface area contributed by atoms with Crippen LogP contribution in [0.3, 0.4) is 0 Å². The van der Waals surface area contributed by atoms with Crippen LogP contribution in [0, 0.1) is 6.92 Å². The lowest BCUT2D eigenvalue weighted by atomic mass is 9.95. The summed E-state index contributed by atoms with van der Waals surface area (Å²) in [5.41, 5.74) is 4.01. The van der Waals surface area contributed by atoms with Crippen LogP contribution in [-0.4, -0.2) is 33.5 Å². The molecule has 0 bridgehead atoms. The van der Waals surface area contributed by atoms with Crippen LogP contribution < -0.4 is 4.74 Å². The first-order valence-electron chi connectivity index (χ1n) is 14.3. The number of hydrogen-bond acceptors (Lipinski definition) is 4. The van der Waals surface area contributed by atoms with Crippen LogP contribution >= 0.6 is 0 Å². The molecule has 0 saturated carbocycles. The minimum absolute atomic E-state index is 0.0321. The van der Waals surface area contributed by atoms with Gasteiger partial charge in [-0.15, -0.1) is 0 Å². The van der Waals surface area contributed by atoms with Crippen molar-refractivity contribution in [1.82, 2.24) is 9.88 Å². The zero-order chi connectivity index (χ0) is 30.4. The molecule has 1 atom stereocenters. The molecular weight excluding hydrogens is 553 g/mol. The summed E-state index contributed by atoms with van der Waals surface area (Å²) < 4.78 is 49.6. The Hall–Kier alpha value is -4.43. The van der Waals surface area contributed by atoms with E-state index in [0.29, 0.717) is 18.5 Å². The number of halogens is 3. The van der Waals surface area contributed by atoms with Crippen molar-refractivity contribution in [3.05, 3.63) is 119 Å². The van der Waals surface area contributed by atoms with Gasteiger partial charge in [0.1, 0.15) is 18.4 Å². The van der Waals surface area contributed by atoms with E-state index >= 15 is 0 Å². The Morgan fingerprint density at radius 2 is 1.81 bits per heavy atom. The first kappa shape index (κ1) is 30.0. The van der Waals surface area contributed by atoms with E-state index in [1.807, 2.05) is 61.5 Å². The van der Waals surface area contributed by atoms with Gasteiger partial charge in [-0.1, -0.05) is 73.2 Å². The SMILES string of the molecule is Cc1c(/C=C/c2cc(OCc3cccnc3)c(CN3CCCCC3C(=O)O)cc2C(F)(F)F)cccc1-c1ccccc1. The highest BCUT2D eigenvalue weighted by atomic mass is 19.4. The average Bonchev–Trinajstić information content (AvgIpc) is 3.00. The van der Waals surface area contributed by atoms with Crippen molar-refractivity contribution in [2.75, 3.05) is 6.54 Å². The van der Waals surface area contributed by atoms with Gasteiger partial charge in [-0.25, -0.2) is 0 Å². The van der Waals surface area contributed by atoms with Crippen molar-refractivity contribution in [1.29, 1.82) is 0 Å². The predicted octanol–water partition coefficient (Wildman–Crippen LogP) is 8.26. The molecule has 4 aromatic rings. The quantitative estimate of drug-likeness (QED) is 0.200. The Morgan fingerprint density at radius 1 is 1.02 bits per heavy atom. The third-order valence-electron chi connectivity index (χ3n) is 7.83. The minimum Gasteiger partial charge on any atom is -0.488 e. The second kappa shape index (κ2) is 13.3. The Kier molecular flexibility index (Phi) is 9.26. The summed E-state index contributed by atoms with van der Waals surface area (Å²) in [5, 5.41) is 9.76. The summed E-state index contributed by atoms with van der Waals surface area (Å²) in [5.74, 6) is -0.692. The number of piperidine rings is 1. The van der Waals surface area contributed by atoms with Crippen molar-refractivity contribution in [3.8, 4) is 16.9 Å². The van der Waals surface area contributed by atoms with Gasteiger partial charge in [-0.2, -0.15) is 13.2 Å². The molecule has 222 valence electrons. The molecule has 0 radical (unpaired) electrons. The van der Waals surface area contributed by atoms with Crippen LogP contribution in [-0.2, 0) is 24.1 Å². The van der Waals surface area contributed by atoms with E-state index in [4.69, 9.17) is 4.74 Å². The molecule has 2 heterocycles. The van der Waals surface area contributed by atoms with Crippen molar-refractivity contribution < 1.29 is 27.8 Å². The number of likely N-dealkylation sites (tertiary alicyclic amines) is 1. The number of carbonyl (C=O) groups is 1. The number of carboxylic acid groups (broad SMARTS) is 1. The van der Waals surface area contributed by atoms with Gasteiger partial charge < -0.3 is 9.84 Å². The van der Waals surface area contributed by atoms with Gasteiger partial charge in [0.2, 0.25) is 0 Å². The predicted molar refractivity (Wildman–Crippen MR) is 161 cm³/mol. The standard InChI is InChI=1S/C35H33F3N2O3/c1-24-26(12-7-13-30(24)27-10-3-2-4-11-27)15-16-28-20-33(43-23-25-9-8-17-39-21-25)29(19-31(28)35(36,37)38)22-40-18-6-5-14-32(40)34(41)42/h2-4,7-13,15-17,19-21,32H,5-6,14,18,22-23H2,1H3,(H,41,42)/b16-15+. The summed E-state index contributed by atoms with van der Waals surface area (Å²) in [6.45, 7) is 2.58. The van der Waals surface area contributed by atoms with E-state index < -0.39 is 23.8 Å². The van der Waals surface area contributed by atoms with E-state index in [1.165, 1.54) is 12.1 Å². The second-order valence-electron chi connectivity index (χ2n) is 10.7. The average molecular weight is 587 g/mol.